The second-order valence-electron chi connectivity index (χ2n) is 4.99. The molecule has 0 spiro atoms. The number of rotatable bonds is 1. The maximum absolute atomic E-state index is 12.1. The van der Waals surface area contributed by atoms with E-state index in [1.807, 2.05) is 0 Å². The lowest BCUT2D eigenvalue weighted by Crippen LogP contribution is -2.38. The van der Waals surface area contributed by atoms with Gasteiger partial charge in [-0.1, -0.05) is 0 Å². The predicted molar refractivity (Wildman–Crippen MR) is 58.5 cm³/mol. The van der Waals surface area contributed by atoms with Gasteiger partial charge in [0, 0.05) is 25.0 Å². The standard InChI is InChI=1S/C11H20N2O3/c12-8-3-1-7(2-4-8)11(16)13-5-9(14)10(15)6-13/h7-10,14-15H,1-6,12H2/t7?,8?,9-,10+. The minimum atomic E-state index is -0.783. The maximum Gasteiger partial charge on any atom is 0.225 e. The van der Waals surface area contributed by atoms with Crippen molar-refractivity contribution in [1.82, 2.24) is 4.90 Å². The van der Waals surface area contributed by atoms with Crippen LogP contribution in [0, 0.1) is 5.92 Å². The molecule has 1 aliphatic heterocycles. The van der Waals surface area contributed by atoms with Crippen LogP contribution in [0.3, 0.4) is 0 Å². The first-order chi connectivity index (χ1) is 7.58. The van der Waals surface area contributed by atoms with Crippen LogP contribution in [-0.2, 0) is 4.79 Å². The number of hydrogen-bond donors (Lipinski definition) is 3. The molecule has 2 atom stereocenters. The highest BCUT2D eigenvalue weighted by atomic mass is 16.3. The Balaban J connectivity index is 1.88. The van der Waals surface area contributed by atoms with Crippen LogP contribution in [0.1, 0.15) is 25.7 Å². The second kappa shape index (κ2) is 4.69. The molecule has 1 saturated carbocycles. The van der Waals surface area contributed by atoms with E-state index in [9.17, 15) is 15.0 Å². The van der Waals surface area contributed by atoms with Gasteiger partial charge in [0.25, 0.3) is 0 Å². The average Bonchev–Trinajstić information content (AvgIpc) is 2.59. The van der Waals surface area contributed by atoms with Gasteiger partial charge in [-0.05, 0) is 25.7 Å². The first kappa shape index (κ1) is 11.8. The molecule has 4 N–H and O–H groups in total. The van der Waals surface area contributed by atoms with E-state index in [0.29, 0.717) is 0 Å². The fraction of sp³-hybridized carbons (Fsp3) is 0.909. The Morgan fingerprint density at radius 1 is 1.06 bits per heavy atom. The smallest absolute Gasteiger partial charge is 0.225 e. The lowest BCUT2D eigenvalue weighted by molar-refractivity contribution is -0.136. The van der Waals surface area contributed by atoms with Crippen LogP contribution in [0.4, 0.5) is 0 Å². The lowest BCUT2D eigenvalue weighted by Gasteiger charge is -2.28. The Bertz CT molecular complexity index is 254. The Labute approximate surface area is 95.2 Å². The van der Waals surface area contributed by atoms with Crippen LogP contribution in [-0.4, -0.2) is 52.4 Å². The van der Waals surface area contributed by atoms with Gasteiger partial charge in [-0.15, -0.1) is 0 Å². The summed E-state index contributed by atoms with van der Waals surface area (Å²) in [6, 6.07) is 0.235. The fourth-order valence-corrected chi connectivity index (χ4v) is 2.57. The van der Waals surface area contributed by atoms with Gasteiger partial charge in [0.05, 0.1) is 12.2 Å². The van der Waals surface area contributed by atoms with Crippen LogP contribution in [0.5, 0.6) is 0 Å². The summed E-state index contributed by atoms with van der Waals surface area (Å²) in [5.74, 6) is 0.111. The molecule has 0 aromatic heterocycles. The van der Waals surface area contributed by atoms with E-state index in [0.717, 1.165) is 25.7 Å². The predicted octanol–water partition coefficient (Wildman–Crippen LogP) is -0.932. The highest BCUT2D eigenvalue weighted by Gasteiger charge is 2.36. The van der Waals surface area contributed by atoms with E-state index >= 15 is 0 Å². The fourth-order valence-electron chi connectivity index (χ4n) is 2.57. The molecule has 1 heterocycles. The quantitative estimate of drug-likeness (QED) is 0.541. The zero-order valence-corrected chi connectivity index (χ0v) is 9.38. The largest absolute Gasteiger partial charge is 0.388 e. The van der Waals surface area contributed by atoms with Gasteiger partial charge in [0.2, 0.25) is 5.91 Å². The number of nitrogens with zero attached hydrogens (tertiary/aromatic N) is 1. The molecule has 1 amide bonds. The van der Waals surface area contributed by atoms with Crippen molar-refractivity contribution in [3.05, 3.63) is 0 Å². The normalized spacial score (nSPS) is 40.1. The number of nitrogens with two attached hydrogens (primary N) is 1. The van der Waals surface area contributed by atoms with E-state index < -0.39 is 12.2 Å². The lowest BCUT2D eigenvalue weighted by atomic mass is 9.85. The molecule has 16 heavy (non-hydrogen) atoms. The van der Waals surface area contributed by atoms with E-state index in [-0.39, 0.29) is 31.0 Å². The molecule has 2 aliphatic rings. The third-order valence-corrected chi connectivity index (χ3v) is 3.69. The zero-order chi connectivity index (χ0) is 11.7. The van der Waals surface area contributed by atoms with Gasteiger partial charge in [-0.3, -0.25) is 4.79 Å². The van der Waals surface area contributed by atoms with Gasteiger partial charge in [0.1, 0.15) is 0 Å². The molecule has 1 aliphatic carbocycles. The van der Waals surface area contributed by atoms with Crippen LogP contribution in [0.15, 0.2) is 0 Å². The number of β-amino-alcohol motifs (C(OH)–C–C–N with tert-alkyl or cyclic N) is 2. The van der Waals surface area contributed by atoms with Crippen LogP contribution >= 0.6 is 0 Å². The summed E-state index contributed by atoms with van der Waals surface area (Å²) in [5.41, 5.74) is 5.79. The van der Waals surface area contributed by atoms with Crippen molar-refractivity contribution in [3.63, 3.8) is 0 Å². The Morgan fingerprint density at radius 3 is 2.06 bits per heavy atom. The Morgan fingerprint density at radius 2 is 1.56 bits per heavy atom. The van der Waals surface area contributed by atoms with E-state index in [1.165, 1.54) is 0 Å². The molecule has 0 radical (unpaired) electrons. The summed E-state index contributed by atoms with van der Waals surface area (Å²) < 4.78 is 0. The van der Waals surface area contributed by atoms with Crippen molar-refractivity contribution in [3.8, 4) is 0 Å². The first-order valence-corrected chi connectivity index (χ1v) is 5.98. The van der Waals surface area contributed by atoms with Crippen molar-refractivity contribution in [1.29, 1.82) is 0 Å². The summed E-state index contributed by atoms with van der Waals surface area (Å²) in [6.45, 7) is 0.533. The molecule has 0 aromatic carbocycles. The minimum Gasteiger partial charge on any atom is -0.388 e. The van der Waals surface area contributed by atoms with E-state index in [2.05, 4.69) is 0 Å². The third kappa shape index (κ3) is 2.36. The number of amides is 1. The summed E-state index contributed by atoms with van der Waals surface area (Å²) in [4.78, 5) is 13.6. The average molecular weight is 228 g/mol. The molecule has 0 aromatic rings. The third-order valence-electron chi connectivity index (χ3n) is 3.69. The summed E-state index contributed by atoms with van der Waals surface area (Å²) in [5, 5.41) is 18.8. The molecule has 5 heteroatoms. The highest BCUT2D eigenvalue weighted by Crippen LogP contribution is 2.26. The van der Waals surface area contributed by atoms with Gasteiger partial charge >= 0.3 is 0 Å². The van der Waals surface area contributed by atoms with Crippen LogP contribution < -0.4 is 5.73 Å². The molecule has 2 fully saturated rings. The number of aliphatic hydroxyl groups excluding tert-OH is 2. The number of hydrogen-bond acceptors (Lipinski definition) is 4. The van der Waals surface area contributed by atoms with Gasteiger partial charge in [-0.25, -0.2) is 0 Å². The van der Waals surface area contributed by atoms with Crippen LogP contribution in [0.2, 0.25) is 0 Å². The summed E-state index contributed by atoms with van der Waals surface area (Å²) >= 11 is 0. The van der Waals surface area contributed by atoms with Crippen molar-refractivity contribution in [2.75, 3.05) is 13.1 Å². The minimum absolute atomic E-state index is 0.0392. The van der Waals surface area contributed by atoms with Crippen molar-refractivity contribution < 1.29 is 15.0 Å². The molecule has 2 rings (SSSR count). The molecule has 1 saturated heterocycles. The van der Waals surface area contributed by atoms with Crippen molar-refractivity contribution in [2.45, 2.75) is 43.9 Å². The van der Waals surface area contributed by atoms with E-state index in [1.54, 1.807) is 4.90 Å². The summed E-state index contributed by atoms with van der Waals surface area (Å²) in [6.07, 6.45) is 1.90. The van der Waals surface area contributed by atoms with Gasteiger partial charge in [-0.2, -0.15) is 0 Å². The molecule has 92 valence electrons. The second-order valence-corrected chi connectivity index (χ2v) is 4.99. The van der Waals surface area contributed by atoms with Crippen molar-refractivity contribution >= 4 is 5.91 Å². The summed E-state index contributed by atoms with van der Waals surface area (Å²) in [7, 11) is 0. The Kier molecular flexibility index (Phi) is 3.47. The molecule has 5 nitrogen and oxygen atoms in total. The number of likely N-dealkylation sites (tertiary alicyclic amines) is 1. The monoisotopic (exact) mass is 228 g/mol. The number of carbonyl (C=O) groups is 1. The number of aliphatic hydroxyl groups is 2. The zero-order valence-electron chi connectivity index (χ0n) is 9.38. The molecule has 0 unspecified atom stereocenters. The Hall–Kier alpha value is -0.650. The highest BCUT2D eigenvalue weighted by molar-refractivity contribution is 5.79. The molecular formula is C11H20N2O3. The topological polar surface area (TPSA) is 86.8 Å². The van der Waals surface area contributed by atoms with Crippen LogP contribution in [0.25, 0.3) is 0 Å². The first-order valence-electron chi connectivity index (χ1n) is 5.98. The maximum atomic E-state index is 12.1. The van der Waals surface area contributed by atoms with E-state index in [4.69, 9.17) is 5.73 Å². The van der Waals surface area contributed by atoms with Crippen molar-refractivity contribution in [2.24, 2.45) is 11.7 Å². The molecular weight excluding hydrogens is 208 g/mol. The van der Waals surface area contributed by atoms with Gasteiger partial charge < -0.3 is 20.8 Å². The SMILES string of the molecule is NC1CCC(C(=O)N2C[C@@H](O)[C@@H](O)C2)CC1. The van der Waals surface area contributed by atoms with Gasteiger partial charge in [0.15, 0.2) is 0 Å². The number of carbonyl (C=O) groups excluding carboxylic acids is 1. The molecule has 0 bridgehead atoms.